The van der Waals surface area contributed by atoms with E-state index in [1.807, 2.05) is 31.2 Å². The summed E-state index contributed by atoms with van der Waals surface area (Å²) in [6.07, 6.45) is 6.15. The van der Waals surface area contributed by atoms with Gasteiger partial charge in [-0.15, -0.1) is 0 Å². The van der Waals surface area contributed by atoms with Crippen molar-refractivity contribution in [3.05, 3.63) is 65.2 Å². The van der Waals surface area contributed by atoms with Crippen LogP contribution in [-0.4, -0.2) is 37.8 Å². The van der Waals surface area contributed by atoms with Crippen LogP contribution in [0.2, 0.25) is 5.02 Å². The van der Waals surface area contributed by atoms with E-state index in [0.717, 1.165) is 11.1 Å². The molecule has 0 unspecified atom stereocenters. The fraction of sp³-hybridized carbons (Fsp3) is 0.0952. The lowest BCUT2D eigenvalue weighted by atomic mass is 10.1. The van der Waals surface area contributed by atoms with Crippen LogP contribution < -0.4 is 5.73 Å². The first-order valence-electron chi connectivity index (χ1n) is 8.97. The molecule has 4 aromatic rings. The Hall–Kier alpha value is -3.78. The second kappa shape index (κ2) is 7.92. The first kappa shape index (κ1) is 19.5. The molecule has 3 heterocycles. The van der Waals surface area contributed by atoms with Crippen LogP contribution in [0.25, 0.3) is 34.1 Å². The van der Waals surface area contributed by atoms with E-state index in [9.17, 15) is 4.79 Å². The average molecular weight is 421 g/mol. The Morgan fingerprint density at radius 3 is 2.83 bits per heavy atom. The number of aromatic nitrogens is 5. The fourth-order valence-electron chi connectivity index (χ4n) is 2.96. The number of nitrogens with two attached hydrogens (primary N) is 1. The van der Waals surface area contributed by atoms with Gasteiger partial charge in [0.1, 0.15) is 11.4 Å². The molecule has 3 aromatic heterocycles. The number of rotatable bonds is 4. The number of esters is 1. The number of hydrogen-bond donors (Lipinski definition) is 1. The molecule has 0 bridgehead atoms. The van der Waals surface area contributed by atoms with E-state index in [-0.39, 0.29) is 5.82 Å². The van der Waals surface area contributed by atoms with Gasteiger partial charge in [-0.3, -0.25) is 4.98 Å². The number of fused-ring (bicyclic) bond motifs is 1. The molecule has 9 heteroatoms. The van der Waals surface area contributed by atoms with Crippen LogP contribution >= 0.6 is 11.6 Å². The van der Waals surface area contributed by atoms with Crippen molar-refractivity contribution in [3.63, 3.8) is 0 Å². The molecule has 2 N–H and O–H groups in total. The highest BCUT2D eigenvalue weighted by Crippen LogP contribution is 2.32. The minimum atomic E-state index is -0.524. The van der Waals surface area contributed by atoms with Crippen LogP contribution in [0.3, 0.4) is 0 Å². The molecule has 0 aliphatic rings. The third-order valence-electron chi connectivity index (χ3n) is 4.38. The number of benzene rings is 1. The molecule has 0 radical (unpaired) electrons. The van der Waals surface area contributed by atoms with Crippen molar-refractivity contribution in [2.75, 3.05) is 12.8 Å². The molecule has 30 heavy (non-hydrogen) atoms. The maximum atomic E-state index is 11.5. The quantitative estimate of drug-likeness (QED) is 0.396. The number of carbonyl (C=O) groups is 1. The topological polar surface area (TPSA) is 109 Å². The van der Waals surface area contributed by atoms with Gasteiger partial charge in [-0.2, -0.15) is 5.10 Å². The zero-order chi connectivity index (χ0) is 21.3. The van der Waals surface area contributed by atoms with Crippen molar-refractivity contribution in [2.45, 2.75) is 6.92 Å². The Kier molecular flexibility index (Phi) is 5.16. The van der Waals surface area contributed by atoms with E-state index >= 15 is 0 Å². The van der Waals surface area contributed by atoms with Gasteiger partial charge in [0, 0.05) is 29.4 Å². The molecule has 0 fully saturated rings. The number of anilines is 1. The lowest BCUT2D eigenvalue weighted by molar-refractivity contribution is -0.134. The maximum absolute atomic E-state index is 11.5. The van der Waals surface area contributed by atoms with E-state index in [1.54, 1.807) is 23.1 Å². The highest BCUT2D eigenvalue weighted by molar-refractivity contribution is 6.35. The summed E-state index contributed by atoms with van der Waals surface area (Å²) in [6.45, 7) is 1.87. The van der Waals surface area contributed by atoms with Crippen molar-refractivity contribution in [2.24, 2.45) is 0 Å². The zero-order valence-corrected chi connectivity index (χ0v) is 17.0. The number of carbonyl (C=O) groups excluding carboxylic acids is 1. The lowest BCUT2D eigenvalue weighted by Gasteiger charge is -2.12. The van der Waals surface area contributed by atoms with E-state index in [4.69, 9.17) is 17.3 Å². The minimum absolute atomic E-state index is 0.149. The Balaban J connectivity index is 1.96. The van der Waals surface area contributed by atoms with Gasteiger partial charge in [0.15, 0.2) is 11.6 Å². The van der Waals surface area contributed by atoms with E-state index in [0.29, 0.717) is 33.3 Å². The molecule has 0 amide bonds. The van der Waals surface area contributed by atoms with E-state index in [1.165, 1.54) is 19.3 Å². The van der Waals surface area contributed by atoms with Crippen LogP contribution in [-0.2, 0) is 9.53 Å². The zero-order valence-electron chi connectivity index (χ0n) is 16.2. The normalized spacial score (nSPS) is 11.3. The second-order valence-electron chi connectivity index (χ2n) is 6.46. The number of pyridine rings is 1. The van der Waals surface area contributed by atoms with Gasteiger partial charge >= 0.3 is 5.97 Å². The number of halogens is 1. The molecular weight excluding hydrogens is 404 g/mol. The summed E-state index contributed by atoms with van der Waals surface area (Å²) in [4.78, 5) is 25.0. The van der Waals surface area contributed by atoms with Crippen molar-refractivity contribution >= 4 is 40.4 Å². The molecule has 4 rings (SSSR count). The number of aryl methyl sites for hydroxylation is 1. The second-order valence-corrected chi connectivity index (χ2v) is 6.86. The van der Waals surface area contributed by atoms with Gasteiger partial charge in [0.2, 0.25) is 0 Å². The third kappa shape index (κ3) is 3.72. The number of methoxy groups -OCH3 is 1. The van der Waals surface area contributed by atoms with Crippen LogP contribution in [0.4, 0.5) is 5.82 Å². The van der Waals surface area contributed by atoms with Gasteiger partial charge in [-0.05, 0) is 37.3 Å². The van der Waals surface area contributed by atoms with Crippen molar-refractivity contribution in [1.29, 1.82) is 0 Å². The van der Waals surface area contributed by atoms with Gasteiger partial charge in [0.05, 0.1) is 23.3 Å². The first-order chi connectivity index (χ1) is 14.5. The predicted octanol–water partition coefficient (Wildman–Crippen LogP) is 3.61. The molecule has 0 aliphatic carbocycles. The Labute approximate surface area is 177 Å². The van der Waals surface area contributed by atoms with Crippen LogP contribution in [0.5, 0.6) is 0 Å². The van der Waals surface area contributed by atoms with Crippen LogP contribution in [0, 0.1) is 6.92 Å². The summed E-state index contributed by atoms with van der Waals surface area (Å²) < 4.78 is 6.23. The SMILES string of the molecule is COC(=O)/C=C/c1nc(-c2cc(Cl)c3ncccc3c2)c(-n2ccc(C)n2)nc1N. The van der Waals surface area contributed by atoms with Crippen molar-refractivity contribution < 1.29 is 9.53 Å². The third-order valence-corrected chi connectivity index (χ3v) is 4.67. The summed E-state index contributed by atoms with van der Waals surface area (Å²) in [7, 11) is 1.29. The molecule has 0 spiro atoms. The van der Waals surface area contributed by atoms with Crippen molar-refractivity contribution in [1.82, 2.24) is 24.7 Å². The van der Waals surface area contributed by atoms with E-state index in [2.05, 4.69) is 24.8 Å². The molecule has 0 saturated carbocycles. The predicted molar refractivity (Wildman–Crippen MR) is 115 cm³/mol. The van der Waals surface area contributed by atoms with Gasteiger partial charge in [-0.25, -0.2) is 19.4 Å². The monoisotopic (exact) mass is 420 g/mol. The minimum Gasteiger partial charge on any atom is -0.466 e. The Morgan fingerprint density at radius 1 is 1.27 bits per heavy atom. The number of nitrogens with zero attached hydrogens (tertiary/aromatic N) is 5. The van der Waals surface area contributed by atoms with Gasteiger partial charge < -0.3 is 10.5 Å². The lowest BCUT2D eigenvalue weighted by Crippen LogP contribution is -2.08. The standard InChI is InChI=1S/C21H17ClN6O2/c1-12-7-9-28(27-12)21-19(25-16(20(23)26-21)5-6-17(29)30-2)14-10-13-4-3-8-24-18(13)15(22)11-14/h3-11H,1-2H3,(H2,23,26)/b6-5+. The van der Waals surface area contributed by atoms with Gasteiger partial charge in [-0.1, -0.05) is 17.7 Å². The number of ether oxygens (including phenoxy) is 1. The molecule has 0 saturated heterocycles. The Morgan fingerprint density at radius 2 is 2.10 bits per heavy atom. The largest absolute Gasteiger partial charge is 0.466 e. The molecule has 1 aromatic carbocycles. The average Bonchev–Trinajstić information content (AvgIpc) is 3.18. The van der Waals surface area contributed by atoms with E-state index < -0.39 is 5.97 Å². The first-order valence-corrected chi connectivity index (χ1v) is 9.35. The number of nitrogen functional groups attached to an aromatic ring is 1. The number of hydrogen-bond acceptors (Lipinski definition) is 7. The molecule has 0 aliphatic heterocycles. The summed E-state index contributed by atoms with van der Waals surface area (Å²) in [6, 6.07) is 9.29. The van der Waals surface area contributed by atoms with Crippen LogP contribution in [0.1, 0.15) is 11.4 Å². The molecule has 0 atom stereocenters. The summed E-state index contributed by atoms with van der Waals surface area (Å²) in [5.74, 6) is 0.0649. The Bertz CT molecular complexity index is 1300. The summed E-state index contributed by atoms with van der Waals surface area (Å²) in [5.41, 5.74) is 9.15. The van der Waals surface area contributed by atoms with Gasteiger partial charge in [0.25, 0.3) is 0 Å². The van der Waals surface area contributed by atoms with Crippen LogP contribution in [0.15, 0.2) is 48.8 Å². The fourth-order valence-corrected chi connectivity index (χ4v) is 3.24. The summed E-state index contributed by atoms with van der Waals surface area (Å²) >= 11 is 6.47. The van der Waals surface area contributed by atoms with Crippen molar-refractivity contribution in [3.8, 4) is 17.1 Å². The maximum Gasteiger partial charge on any atom is 0.330 e. The highest BCUT2D eigenvalue weighted by atomic mass is 35.5. The highest BCUT2D eigenvalue weighted by Gasteiger charge is 2.17. The smallest absolute Gasteiger partial charge is 0.330 e. The summed E-state index contributed by atoms with van der Waals surface area (Å²) in [5, 5.41) is 5.77. The molecular formula is C21H17ClN6O2. The molecule has 150 valence electrons. The molecule has 8 nitrogen and oxygen atoms in total.